The first kappa shape index (κ1) is 15.1. The Hall–Kier alpha value is -2.29. The molecular weight excluding hydrogens is 260 g/mol. The molecule has 0 heterocycles. The van der Waals surface area contributed by atoms with Crippen LogP contribution < -0.4 is 11.1 Å². The van der Waals surface area contributed by atoms with E-state index in [0.29, 0.717) is 17.8 Å². The van der Waals surface area contributed by atoms with Gasteiger partial charge in [0.25, 0.3) is 5.91 Å². The number of carbonyl (C=O) groups excluding carboxylic acids is 1. The van der Waals surface area contributed by atoms with Gasteiger partial charge in [-0.1, -0.05) is 43.3 Å². The first-order valence-corrected chi connectivity index (χ1v) is 7.19. The Morgan fingerprint density at radius 2 is 1.81 bits per heavy atom. The monoisotopic (exact) mass is 282 g/mol. The van der Waals surface area contributed by atoms with E-state index in [4.69, 9.17) is 5.73 Å². The van der Waals surface area contributed by atoms with Gasteiger partial charge in [-0.05, 0) is 42.5 Å². The summed E-state index contributed by atoms with van der Waals surface area (Å²) < 4.78 is 0. The molecule has 1 atom stereocenters. The molecule has 2 aromatic rings. The second-order valence-electron chi connectivity index (χ2n) is 5.55. The fourth-order valence-corrected chi connectivity index (χ4v) is 2.35. The van der Waals surface area contributed by atoms with Crippen molar-refractivity contribution >= 4 is 11.6 Å². The Morgan fingerprint density at radius 1 is 1.14 bits per heavy atom. The molecule has 0 saturated heterocycles. The molecule has 110 valence electrons. The molecule has 0 bridgehead atoms. The number of rotatable bonds is 4. The number of nitrogens with one attached hydrogen (secondary N) is 1. The minimum atomic E-state index is -0.0676. The van der Waals surface area contributed by atoms with Crippen LogP contribution in [0.2, 0.25) is 0 Å². The number of benzene rings is 2. The lowest BCUT2D eigenvalue weighted by Crippen LogP contribution is -2.28. The molecule has 1 amide bonds. The van der Waals surface area contributed by atoms with Gasteiger partial charge in [-0.25, -0.2) is 0 Å². The highest BCUT2D eigenvalue weighted by atomic mass is 16.1. The number of hydrogen-bond donors (Lipinski definition) is 2. The average Bonchev–Trinajstić information content (AvgIpc) is 2.49. The maximum Gasteiger partial charge on any atom is 0.251 e. The van der Waals surface area contributed by atoms with Gasteiger partial charge in [0, 0.05) is 17.8 Å². The van der Waals surface area contributed by atoms with Gasteiger partial charge < -0.3 is 11.1 Å². The minimum absolute atomic E-state index is 0.0676. The molecule has 2 aromatic carbocycles. The van der Waals surface area contributed by atoms with Crippen molar-refractivity contribution in [3.8, 4) is 0 Å². The lowest BCUT2D eigenvalue weighted by molar-refractivity contribution is 0.0951. The Bertz CT molecular complexity index is 635. The zero-order chi connectivity index (χ0) is 15.4. The predicted octanol–water partition coefficient (Wildman–Crippen LogP) is 3.42. The van der Waals surface area contributed by atoms with E-state index in [-0.39, 0.29) is 11.8 Å². The van der Waals surface area contributed by atoms with Crippen LogP contribution in [-0.4, -0.2) is 12.5 Å². The normalized spacial score (nSPS) is 12.0. The van der Waals surface area contributed by atoms with Gasteiger partial charge in [-0.2, -0.15) is 0 Å². The molecule has 0 fully saturated rings. The third-order valence-corrected chi connectivity index (χ3v) is 3.80. The van der Waals surface area contributed by atoms with Gasteiger partial charge in [0.05, 0.1) is 0 Å². The molecular formula is C18H22N2O. The average molecular weight is 282 g/mol. The topological polar surface area (TPSA) is 55.1 Å². The molecule has 2 rings (SSSR count). The smallest absolute Gasteiger partial charge is 0.251 e. The fourth-order valence-electron chi connectivity index (χ4n) is 2.35. The number of aryl methyl sites for hydroxylation is 2. The van der Waals surface area contributed by atoms with Crippen molar-refractivity contribution in [1.82, 2.24) is 5.32 Å². The molecule has 0 aliphatic heterocycles. The maximum atomic E-state index is 12.3. The van der Waals surface area contributed by atoms with Crippen LogP contribution in [0.1, 0.15) is 39.9 Å². The van der Waals surface area contributed by atoms with Crippen molar-refractivity contribution in [1.29, 1.82) is 0 Å². The van der Waals surface area contributed by atoms with Crippen LogP contribution >= 0.6 is 0 Å². The summed E-state index contributed by atoms with van der Waals surface area (Å²) in [6, 6.07) is 13.9. The summed E-state index contributed by atoms with van der Waals surface area (Å²) in [5, 5.41) is 2.99. The highest BCUT2D eigenvalue weighted by Gasteiger charge is 2.12. The number of hydrogen-bond acceptors (Lipinski definition) is 2. The lowest BCUT2D eigenvalue weighted by atomic mass is 10.0. The van der Waals surface area contributed by atoms with Gasteiger partial charge >= 0.3 is 0 Å². The van der Waals surface area contributed by atoms with Crippen molar-refractivity contribution in [2.75, 3.05) is 12.3 Å². The number of amides is 1. The van der Waals surface area contributed by atoms with E-state index in [1.165, 1.54) is 5.56 Å². The highest BCUT2D eigenvalue weighted by molar-refractivity contribution is 5.96. The molecule has 1 unspecified atom stereocenters. The first-order chi connectivity index (χ1) is 9.99. The summed E-state index contributed by atoms with van der Waals surface area (Å²) in [5.41, 5.74) is 10.4. The molecule has 3 heteroatoms. The summed E-state index contributed by atoms with van der Waals surface area (Å²) in [7, 11) is 0. The lowest BCUT2D eigenvalue weighted by Gasteiger charge is -2.14. The van der Waals surface area contributed by atoms with Gasteiger partial charge in [0.2, 0.25) is 0 Å². The molecule has 3 nitrogen and oxygen atoms in total. The van der Waals surface area contributed by atoms with Gasteiger partial charge in [0.1, 0.15) is 0 Å². The molecule has 0 saturated carbocycles. The van der Waals surface area contributed by atoms with Crippen LogP contribution in [0.25, 0.3) is 0 Å². The number of carbonyl (C=O) groups is 1. The minimum Gasteiger partial charge on any atom is -0.398 e. The van der Waals surface area contributed by atoms with Gasteiger partial charge in [0.15, 0.2) is 0 Å². The summed E-state index contributed by atoms with van der Waals surface area (Å²) in [6.07, 6.45) is 0. The number of anilines is 1. The fraction of sp³-hybridized carbons (Fsp3) is 0.278. The third-order valence-electron chi connectivity index (χ3n) is 3.80. The SMILES string of the molecule is Cc1cc(C)c(C(=O)NCC(C)c2ccccc2)cc1N. The molecule has 3 N–H and O–H groups in total. The number of nitrogens with two attached hydrogens (primary N) is 1. The summed E-state index contributed by atoms with van der Waals surface area (Å²) in [6.45, 7) is 6.59. The number of nitrogen functional groups attached to an aromatic ring is 1. The predicted molar refractivity (Wildman–Crippen MR) is 87.5 cm³/mol. The van der Waals surface area contributed by atoms with Crippen molar-refractivity contribution in [3.05, 3.63) is 64.7 Å². The van der Waals surface area contributed by atoms with E-state index in [1.807, 2.05) is 38.1 Å². The summed E-state index contributed by atoms with van der Waals surface area (Å²) in [4.78, 5) is 12.3. The largest absolute Gasteiger partial charge is 0.398 e. The quantitative estimate of drug-likeness (QED) is 0.844. The molecule has 0 aliphatic carbocycles. The van der Waals surface area contributed by atoms with Crippen LogP contribution in [0, 0.1) is 13.8 Å². The summed E-state index contributed by atoms with van der Waals surface area (Å²) in [5.74, 6) is 0.209. The Balaban J connectivity index is 2.04. The third kappa shape index (κ3) is 3.63. The Kier molecular flexibility index (Phi) is 4.63. The van der Waals surface area contributed by atoms with E-state index >= 15 is 0 Å². The molecule has 0 radical (unpaired) electrons. The standard InChI is InChI=1S/C18H22N2O/c1-12-9-13(2)17(19)10-16(12)18(21)20-11-14(3)15-7-5-4-6-8-15/h4-10,14H,11,19H2,1-3H3,(H,20,21). The van der Waals surface area contributed by atoms with Gasteiger partial charge in [-0.3, -0.25) is 4.79 Å². The van der Waals surface area contributed by atoms with Crippen LogP contribution in [-0.2, 0) is 0 Å². The van der Waals surface area contributed by atoms with Crippen LogP contribution in [0.5, 0.6) is 0 Å². The van der Waals surface area contributed by atoms with Crippen molar-refractivity contribution in [2.24, 2.45) is 0 Å². The Morgan fingerprint density at radius 3 is 2.48 bits per heavy atom. The molecule has 0 spiro atoms. The van der Waals surface area contributed by atoms with Crippen LogP contribution in [0.4, 0.5) is 5.69 Å². The van der Waals surface area contributed by atoms with E-state index in [2.05, 4.69) is 24.4 Å². The van der Waals surface area contributed by atoms with Gasteiger partial charge in [-0.15, -0.1) is 0 Å². The Labute approximate surface area is 126 Å². The van der Waals surface area contributed by atoms with Crippen molar-refractivity contribution in [2.45, 2.75) is 26.7 Å². The maximum absolute atomic E-state index is 12.3. The van der Waals surface area contributed by atoms with E-state index in [1.54, 1.807) is 6.07 Å². The van der Waals surface area contributed by atoms with Crippen molar-refractivity contribution < 1.29 is 4.79 Å². The second kappa shape index (κ2) is 6.44. The molecule has 0 aliphatic rings. The molecule has 21 heavy (non-hydrogen) atoms. The van der Waals surface area contributed by atoms with Crippen LogP contribution in [0.3, 0.4) is 0 Å². The van der Waals surface area contributed by atoms with Crippen molar-refractivity contribution in [3.63, 3.8) is 0 Å². The van der Waals surface area contributed by atoms with E-state index < -0.39 is 0 Å². The zero-order valence-electron chi connectivity index (χ0n) is 12.8. The second-order valence-corrected chi connectivity index (χ2v) is 5.55. The molecule has 0 aromatic heterocycles. The van der Waals surface area contributed by atoms with E-state index in [0.717, 1.165) is 11.1 Å². The van der Waals surface area contributed by atoms with E-state index in [9.17, 15) is 4.79 Å². The summed E-state index contributed by atoms with van der Waals surface area (Å²) >= 11 is 0. The highest BCUT2D eigenvalue weighted by Crippen LogP contribution is 2.18. The first-order valence-electron chi connectivity index (χ1n) is 7.19. The zero-order valence-corrected chi connectivity index (χ0v) is 12.8. The van der Waals surface area contributed by atoms with Crippen LogP contribution in [0.15, 0.2) is 42.5 Å².